The number of nitrogens with one attached hydrogen (secondary N) is 1. The van der Waals surface area contributed by atoms with Crippen molar-refractivity contribution in [1.82, 2.24) is 19.9 Å². The molecule has 0 radical (unpaired) electrons. The predicted octanol–water partition coefficient (Wildman–Crippen LogP) is 5.16. The molecule has 0 saturated heterocycles. The summed E-state index contributed by atoms with van der Waals surface area (Å²) < 4.78 is 17.2. The first-order valence-electron chi connectivity index (χ1n) is 8.61. The number of benzene rings is 1. The van der Waals surface area contributed by atoms with Gasteiger partial charge in [0.1, 0.15) is 29.3 Å². The lowest BCUT2D eigenvalue weighted by molar-refractivity contribution is 0.406. The molecule has 0 fully saturated rings. The molecular formula is C20H17ClN4O3. The van der Waals surface area contributed by atoms with Crippen molar-refractivity contribution in [1.29, 1.82) is 0 Å². The summed E-state index contributed by atoms with van der Waals surface area (Å²) in [4.78, 5) is 15.4. The lowest BCUT2D eigenvalue weighted by Crippen LogP contribution is -1.91. The highest BCUT2D eigenvalue weighted by Gasteiger charge is 2.17. The van der Waals surface area contributed by atoms with E-state index in [1.165, 1.54) is 6.33 Å². The molecule has 4 aromatic rings. The van der Waals surface area contributed by atoms with E-state index in [1.807, 2.05) is 13.0 Å². The molecule has 1 aromatic carbocycles. The van der Waals surface area contributed by atoms with Crippen LogP contribution in [0.2, 0.25) is 5.02 Å². The summed E-state index contributed by atoms with van der Waals surface area (Å²) in [6, 6.07) is 5.39. The van der Waals surface area contributed by atoms with Crippen LogP contribution in [0.1, 0.15) is 12.6 Å². The molecule has 0 aliphatic rings. The van der Waals surface area contributed by atoms with Gasteiger partial charge in [-0.05, 0) is 6.42 Å². The van der Waals surface area contributed by atoms with Gasteiger partial charge >= 0.3 is 0 Å². The third kappa shape index (κ3) is 3.57. The molecule has 0 spiro atoms. The summed E-state index contributed by atoms with van der Waals surface area (Å²) in [5, 5.41) is 1.40. The number of nitrogens with zero attached hydrogens (tertiary/aromatic N) is 3. The number of fused-ring (bicyclic) bond motifs is 1. The third-order valence-corrected chi connectivity index (χ3v) is 4.54. The number of hydrogen-bond donors (Lipinski definition) is 1. The second kappa shape index (κ2) is 7.74. The number of aryl methyl sites for hydroxylation is 1. The molecule has 7 nitrogen and oxygen atoms in total. The van der Waals surface area contributed by atoms with E-state index in [9.17, 15) is 0 Å². The molecule has 1 N–H and O–H groups in total. The Labute approximate surface area is 166 Å². The largest absolute Gasteiger partial charge is 0.495 e. The van der Waals surface area contributed by atoms with Crippen LogP contribution in [0.25, 0.3) is 10.9 Å². The van der Waals surface area contributed by atoms with Gasteiger partial charge in [0.25, 0.3) is 0 Å². The van der Waals surface area contributed by atoms with E-state index in [0.717, 1.165) is 23.0 Å². The summed E-state index contributed by atoms with van der Waals surface area (Å²) in [7, 11) is 1.58. The average Bonchev–Trinajstić information content (AvgIpc) is 3.04. The highest BCUT2D eigenvalue weighted by molar-refractivity contribution is 6.37. The summed E-state index contributed by atoms with van der Waals surface area (Å²) in [5.74, 6) is 2.74. The highest BCUT2D eigenvalue weighted by Crippen LogP contribution is 2.41. The van der Waals surface area contributed by atoms with Crippen molar-refractivity contribution in [2.75, 3.05) is 7.11 Å². The standard InChI is InChI=1S/C20H17ClN4O3/c1-3-16-20(21)19-17(25-16)5-12(27-15-9-23-11-24-10-15)6-18(19)28-14-4-13(26-2)7-22-8-14/h4-11,25H,3H2,1-2H3. The van der Waals surface area contributed by atoms with Crippen molar-refractivity contribution in [3.63, 3.8) is 0 Å². The zero-order valence-corrected chi connectivity index (χ0v) is 16.0. The Hall–Kier alpha value is -3.32. The molecule has 3 heterocycles. The molecule has 0 bridgehead atoms. The molecule has 0 unspecified atom stereocenters. The minimum atomic E-state index is 0.518. The summed E-state index contributed by atoms with van der Waals surface area (Å²) in [6.07, 6.45) is 8.59. The highest BCUT2D eigenvalue weighted by atomic mass is 35.5. The van der Waals surface area contributed by atoms with Crippen LogP contribution in [0, 0.1) is 0 Å². The average molecular weight is 397 g/mol. The number of pyridine rings is 1. The van der Waals surface area contributed by atoms with E-state index in [2.05, 4.69) is 19.9 Å². The summed E-state index contributed by atoms with van der Waals surface area (Å²) in [6.45, 7) is 2.03. The second-order valence-electron chi connectivity index (χ2n) is 5.95. The minimum Gasteiger partial charge on any atom is -0.495 e. The van der Waals surface area contributed by atoms with Crippen LogP contribution < -0.4 is 14.2 Å². The van der Waals surface area contributed by atoms with Gasteiger partial charge in [-0.2, -0.15) is 0 Å². The molecule has 28 heavy (non-hydrogen) atoms. The van der Waals surface area contributed by atoms with E-state index in [0.29, 0.717) is 33.8 Å². The van der Waals surface area contributed by atoms with Gasteiger partial charge in [0.05, 0.1) is 47.8 Å². The van der Waals surface area contributed by atoms with Crippen LogP contribution in [0.4, 0.5) is 0 Å². The molecule has 4 rings (SSSR count). The number of H-pyrrole nitrogens is 1. The molecule has 0 saturated carbocycles. The normalized spacial score (nSPS) is 10.8. The number of halogens is 1. The van der Waals surface area contributed by atoms with Gasteiger partial charge in [-0.25, -0.2) is 9.97 Å². The number of hydrogen-bond acceptors (Lipinski definition) is 6. The Morgan fingerprint density at radius 1 is 0.893 bits per heavy atom. The lowest BCUT2D eigenvalue weighted by Gasteiger charge is -2.11. The van der Waals surface area contributed by atoms with E-state index in [-0.39, 0.29) is 0 Å². The number of rotatable bonds is 6. The van der Waals surface area contributed by atoms with Crippen molar-refractivity contribution in [2.45, 2.75) is 13.3 Å². The van der Waals surface area contributed by atoms with Gasteiger partial charge in [0.2, 0.25) is 0 Å². The van der Waals surface area contributed by atoms with Crippen molar-refractivity contribution >= 4 is 22.5 Å². The van der Waals surface area contributed by atoms with E-state index < -0.39 is 0 Å². The van der Waals surface area contributed by atoms with Gasteiger partial charge in [0, 0.05) is 23.9 Å². The first-order valence-corrected chi connectivity index (χ1v) is 8.99. The number of methoxy groups -OCH3 is 1. The van der Waals surface area contributed by atoms with E-state index >= 15 is 0 Å². The van der Waals surface area contributed by atoms with Crippen molar-refractivity contribution in [3.8, 4) is 28.7 Å². The fraction of sp³-hybridized carbons (Fsp3) is 0.150. The van der Waals surface area contributed by atoms with E-state index in [4.69, 9.17) is 25.8 Å². The molecule has 142 valence electrons. The zero-order valence-electron chi connectivity index (χ0n) is 15.3. The second-order valence-corrected chi connectivity index (χ2v) is 6.33. The maximum absolute atomic E-state index is 6.59. The van der Waals surface area contributed by atoms with Crippen molar-refractivity contribution in [3.05, 3.63) is 60.0 Å². The maximum Gasteiger partial charge on any atom is 0.163 e. The Balaban J connectivity index is 1.80. The minimum absolute atomic E-state index is 0.518. The molecular weight excluding hydrogens is 380 g/mol. The van der Waals surface area contributed by atoms with Crippen LogP contribution in [0.5, 0.6) is 28.7 Å². The maximum atomic E-state index is 6.59. The summed E-state index contributed by atoms with van der Waals surface area (Å²) >= 11 is 6.59. The predicted molar refractivity (Wildman–Crippen MR) is 106 cm³/mol. The molecule has 0 atom stereocenters. The Morgan fingerprint density at radius 2 is 1.64 bits per heavy atom. The first kappa shape index (κ1) is 18.1. The smallest absolute Gasteiger partial charge is 0.163 e. The summed E-state index contributed by atoms with van der Waals surface area (Å²) in [5.41, 5.74) is 1.73. The molecule has 0 aliphatic carbocycles. The number of aromatic nitrogens is 4. The zero-order chi connectivity index (χ0) is 19.5. The van der Waals surface area contributed by atoms with Crippen LogP contribution in [0.3, 0.4) is 0 Å². The van der Waals surface area contributed by atoms with Crippen LogP contribution in [-0.4, -0.2) is 27.0 Å². The Morgan fingerprint density at radius 3 is 2.39 bits per heavy atom. The molecule has 3 aromatic heterocycles. The lowest BCUT2D eigenvalue weighted by atomic mass is 10.2. The molecule has 0 amide bonds. The van der Waals surface area contributed by atoms with Crippen molar-refractivity contribution in [2.24, 2.45) is 0 Å². The number of aromatic amines is 1. The SMILES string of the molecule is CCc1[nH]c2cc(Oc3cncnc3)cc(Oc3cncc(OC)c3)c2c1Cl. The first-order chi connectivity index (χ1) is 13.7. The van der Waals surface area contributed by atoms with Crippen LogP contribution in [-0.2, 0) is 6.42 Å². The fourth-order valence-corrected chi connectivity index (χ4v) is 3.21. The van der Waals surface area contributed by atoms with Gasteiger partial charge in [0.15, 0.2) is 5.75 Å². The Kier molecular flexibility index (Phi) is 4.99. The van der Waals surface area contributed by atoms with Gasteiger partial charge in [-0.1, -0.05) is 18.5 Å². The third-order valence-electron chi connectivity index (χ3n) is 4.12. The topological polar surface area (TPSA) is 82.2 Å². The quantitative estimate of drug-likeness (QED) is 0.484. The van der Waals surface area contributed by atoms with Gasteiger partial charge in [-0.3, -0.25) is 4.98 Å². The molecule has 0 aliphatic heterocycles. The van der Waals surface area contributed by atoms with E-state index in [1.54, 1.807) is 44.0 Å². The van der Waals surface area contributed by atoms with Gasteiger partial charge in [-0.15, -0.1) is 0 Å². The van der Waals surface area contributed by atoms with Gasteiger partial charge < -0.3 is 19.2 Å². The number of ether oxygens (including phenoxy) is 3. The molecule has 8 heteroatoms. The fourth-order valence-electron chi connectivity index (χ4n) is 2.83. The Bertz CT molecular complexity index is 1120. The van der Waals surface area contributed by atoms with Crippen LogP contribution in [0.15, 0.2) is 49.3 Å². The monoisotopic (exact) mass is 396 g/mol. The van der Waals surface area contributed by atoms with Crippen LogP contribution >= 0.6 is 11.6 Å². The van der Waals surface area contributed by atoms with Crippen molar-refractivity contribution < 1.29 is 14.2 Å².